The van der Waals surface area contributed by atoms with E-state index >= 15 is 0 Å². The number of nitriles is 1. The van der Waals surface area contributed by atoms with Gasteiger partial charge in [-0.3, -0.25) is 0 Å². The molecule has 10 nitrogen and oxygen atoms in total. The first-order chi connectivity index (χ1) is 19.7. The van der Waals surface area contributed by atoms with E-state index in [4.69, 9.17) is 0 Å². The molecule has 41 heavy (non-hydrogen) atoms. The zero-order chi connectivity index (χ0) is 29.0. The molecular weight excluding hydrogens is 543 g/mol. The van der Waals surface area contributed by atoms with Crippen LogP contribution < -0.4 is 16.0 Å². The number of aromatic amines is 1. The Morgan fingerprint density at radius 1 is 1.02 bits per heavy atom. The van der Waals surface area contributed by atoms with Crippen LogP contribution in [0.3, 0.4) is 0 Å². The molecule has 0 aliphatic carbocycles. The lowest BCUT2D eigenvalue weighted by atomic mass is 10.1. The molecule has 4 N–H and O–H groups in total. The Hall–Kier alpha value is -4.31. The van der Waals surface area contributed by atoms with Gasteiger partial charge in [0, 0.05) is 48.9 Å². The summed E-state index contributed by atoms with van der Waals surface area (Å²) >= 11 is 0. The maximum absolute atomic E-state index is 13.3. The van der Waals surface area contributed by atoms with Gasteiger partial charge in [-0.1, -0.05) is 0 Å². The van der Waals surface area contributed by atoms with Crippen LogP contribution in [0.2, 0.25) is 0 Å². The van der Waals surface area contributed by atoms with Crippen molar-refractivity contribution in [3.63, 3.8) is 0 Å². The van der Waals surface area contributed by atoms with Crippen molar-refractivity contribution in [1.82, 2.24) is 24.6 Å². The van der Waals surface area contributed by atoms with Crippen molar-refractivity contribution in [2.45, 2.75) is 44.2 Å². The molecule has 0 unspecified atom stereocenters. The monoisotopic (exact) mass is 574 g/mol. The molecule has 2 aromatic heterocycles. The summed E-state index contributed by atoms with van der Waals surface area (Å²) < 4.78 is 41.3. The zero-order valence-electron chi connectivity index (χ0n) is 22.8. The van der Waals surface area contributed by atoms with Crippen LogP contribution in [0.4, 0.5) is 27.5 Å². The van der Waals surface area contributed by atoms with Gasteiger partial charge in [0.1, 0.15) is 23.4 Å². The summed E-state index contributed by atoms with van der Waals surface area (Å²) in [6.45, 7) is 5.38. The van der Waals surface area contributed by atoms with Gasteiger partial charge in [-0.15, -0.1) is 0 Å². The Morgan fingerprint density at radius 2 is 1.68 bits per heavy atom. The largest absolute Gasteiger partial charge is 0.350 e. The molecule has 1 aliphatic heterocycles. The van der Waals surface area contributed by atoms with Crippen molar-refractivity contribution >= 4 is 33.2 Å². The van der Waals surface area contributed by atoms with Crippen LogP contribution in [-0.2, 0) is 16.6 Å². The minimum Gasteiger partial charge on any atom is -0.350 e. The molecule has 4 aromatic rings. The second-order valence-corrected chi connectivity index (χ2v) is 11.9. The smallest absolute Gasteiger partial charge is 0.243 e. The van der Waals surface area contributed by atoms with Crippen LogP contribution in [0.15, 0.2) is 65.7 Å². The Balaban J connectivity index is 1.16. The molecule has 212 valence electrons. The maximum atomic E-state index is 13.3. The molecule has 3 heterocycles. The number of nitrogens with zero attached hydrogens (tertiary/aromatic N) is 4. The van der Waals surface area contributed by atoms with Crippen molar-refractivity contribution in [3.8, 4) is 6.07 Å². The fraction of sp³-hybridized carbons (Fsp3) is 0.276. The Morgan fingerprint density at radius 3 is 2.34 bits per heavy atom. The topological polar surface area (TPSA) is 139 Å². The first-order valence-corrected chi connectivity index (χ1v) is 14.7. The van der Waals surface area contributed by atoms with E-state index in [2.05, 4.69) is 37.0 Å². The van der Waals surface area contributed by atoms with Gasteiger partial charge < -0.3 is 20.9 Å². The number of halogens is 1. The van der Waals surface area contributed by atoms with E-state index in [1.165, 1.54) is 16.4 Å². The van der Waals surface area contributed by atoms with Gasteiger partial charge in [-0.25, -0.2) is 17.8 Å². The predicted molar refractivity (Wildman–Crippen MR) is 155 cm³/mol. The molecule has 12 heteroatoms. The highest BCUT2D eigenvalue weighted by atomic mass is 32.2. The minimum absolute atomic E-state index is 0.195. The summed E-state index contributed by atoms with van der Waals surface area (Å²) in [4.78, 5) is 12.0. The highest BCUT2D eigenvalue weighted by Crippen LogP contribution is 2.25. The third kappa shape index (κ3) is 6.54. The molecule has 0 atom stereocenters. The fourth-order valence-electron chi connectivity index (χ4n) is 4.87. The van der Waals surface area contributed by atoms with Crippen LogP contribution in [0, 0.1) is 31.0 Å². The number of rotatable bonds is 9. The number of H-pyrrole nitrogens is 1. The number of nitrogens with one attached hydrogen (secondary N) is 4. The molecule has 0 saturated carbocycles. The maximum Gasteiger partial charge on any atom is 0.243 e. The van der Waals surface area contributed by atoms with Crippen LogP contribution in [0.1, 0.15) is 35.4 Å². The molecular formula is C29H31FN8O2S. The highest BCUT2D eigenvalue weighted by molar-refractivity contribution is 7.89. The molecule has 2 aromatic carbocycles. The van der Waals surface area contributed by atoms with Crippen LogP contribution in [-0.4, -0.2) is 46.8 Å². The molecule has 0 radical (unpaired) electrons. The first-order valence-electron chi connectivity index (χ1n) is 13.3. The molecule has 0 bridgehead atoms. The average Bonchev–Trinajstić information content (AvgIpc) is 3.25. The van der Waals surface area contributed by atoms with Crippen molar-refractivity contribution in [3.05, 3.63) is 89.1 Å². The standard InChI is InChI=1S/C29H31FN8O2S/c1-19-26(20(2)34-27(19)17-31)18-33-22-12-15-38(16-13-22)41(39,40)25-9-7-24(8-10-25)36-29-32-14-11-28(37-29)35-23-5-3-21(30)4-6-23/h3-11,14,22,33-34H,12-13,15-16,18H2,1-2H3,(H2,32,35,36,37). The number of anilines is 4. The second kappa shape index (κ2) is 12.1. The summed E-state index contributed by atoms with van der Waals surface area (Å²) in [5.74, 6) is 0.533. The molecule has 1 fully saturated rings. The van der Waals surface area contributed by atoms with Crippen LogP contribution >= 0.6 is 0 Å². The lowest BCUT2D eigenvalue weighted by Gasteiger charge is -2.32. The fourth-order valence-corrected chi connectivity index (χ4v) is 6.34. The normalized spacial score (nSPS) is 14.5. The SMILES string of the molecule is Cc1[nH]c(C#N)c(C)c1CNC1CCN(S(=O)(=O)c2ccc(Nc3nccc(Nc4ccc(F)cc4)n3)cc2)CC1. The van der Waals surface area contributed by atoms with Crippen molar-refractivity contribution in [2.75, 3.05) is 23.7 Å². The average molecular weight is 575 g/mol. The van der Waals surface area contributed by atoms with E-state index in [9.17, 15) is 18.1 Å². The number of aryl methyl sites for hydroxylation is 1. The van der Waals surface area contributed by atoms with E-state index in [0.29, 0.717) is 61.3 Å². The Bertz CT molecular complexity index is 1660. The van der Waals surface area contributed by atoms with Crippen LogP contribution in [0.5, 0.6) is 0 Å². The minimum atomic E-state index is -3.63. The predicted octanol–water partition coefficient (Wildman–Crippen LogP) is 4.86. The van der Waals surface area contributed by atoms with Gasteiger partial charge in [-0.05, 0) is 92.4 Å². The second-order valence-electron chi connectivity index (χ2n) is 9.95. The first kappa shape index (κ1) is 28.2. The third-order valence-electron chi connectivity index (χ3n) is 7.25. The molecule has 1 saturated heterocycles. The van der Waals surface area contributed by atoms with E-state index in [-0.39, 0.29) is 16.8 Å². The van der Waals surface area contributed by atoms with Gasteiger partial charge in [0.25, 0.3) is 0 Å². The molecule has 0 spiro atoms. The molecule has 5 rings (SSSR count). The van der Waals surface area contributed by atoms with E-state index < -0.39 is 10.0 Å². The Kier molecular flexibility index (Phi) is 8.30. The van der Waals surface area contributed by atoms with Gasteiger partial charge in [-0.2, -0.15) is 14.6 Å². The number of piperidine rings is 1. The van der Waals surface area contributed by atoms with Crippen molar-refractivity contribution < 1.29 is 12.8 Å². The van der Waals surface area contributed by atoms with E-state index in [1.807, 2.05) is 13.8 Å². The van der Waals surface area contributed by atoms with Gasteiger partial charge >= 0.3 is 0 Å². The Labute approximate surface area is 238 Å². The number of hydrogen-bond donors (Lipinski definition) is 4. The lowest BCUT2D eigenvalue weighted by Crippen LogP contribution is -2.44. The lowest BCUT2D eigenvalue weighted by molar-refractivity contribution is 0.288. The number of benzene rings is 2. The molecule has 0 amide bonds. The summed E-state index contributed by atoms with van der Waals surface area (Å²) in [5, 5.41) is 18.9. The van der Waals surface area contributed by atoms with Crippen LogP contribution in [0.25, 0.3) is 0 Å². The van der Waals surface area contributed by atoms with Gasteiger partial charge in [0.05, 0.1) is 4.90 Å². The van der Waals surface area contributed by atoms with Gasteiger partial charge in [0.15, 0.2) is 0 Å². The van der Waals surface area contributed by atoms with E-state index in [1.54, 1.807) is 48.7 Å². The summed E-state index contributed by atoms with van der Waals surface area (Å²) in [7, 11) is -3.63. The summed E-state index contributed by atoms with van der Waals surface area (Å²) in [6.07, 6.45) is 2.99. The van der Waals surface area contributed by atoms with Crippen molar-refractivity contribution in [2.24, 2.45) is 0 Å². The quantitative estimate of drug-likeness (QED) is 0.222. The molecule has 1 aliphatic rings. The number of sulfonamides is 1. The van der Waals surface area contributed by atoms with Crippen molar-refractivity contribution in [1.29, 1.82) is 5.26 Å². The third-order valence-corrected chi connectivity index (χ3v) is 9.16. The summed E-state index contributed by atoms with van der Waals surface area (Å²) in [6, 6.07) is 16.5. The number of hydrogen-bond acceptors (Lipinski definition) is 8. The number of aromatic nitrogens is 3. The van der Waals surface area contributed by atoms with E-state index in [0.717, 1.165) is 16.8 Å². The zero-order valence-corrected chi connectivity index (χ0v) is 23.6. The van der Waals surface area contributed by atoms with Gasteiger partial charge in [0.2, 0.25) is 16.0 Å². The highest BCUT2D eigenvalue weighted by Gasteiger charge is 2.29. The summed E-state index contributed by atoms with van der Waals surface area (Å²) in [5.41, 5.74) is 4.93.